The minimum atomic E-state index is 0.656. The Hall–Kier alpha value is -1.83. The van der Waals surface area contributed by atoms with Gasteiger partial charge in [0.25, 0.3) is 0 Å². The Morgan fingerprint density at radius 2 is 2.15 bits per heavy atom. The van der Waals surface area contributed by atoms with Gasteiger partial charge in [-0.05, 0) is 18.2 Å². The molecule has 0 bridgehead atoms. The maximum absolute atomic E-state index is 5.51. The number of furan rings is 1. The second kappa shape index (κ2) is 2.33. The molecule has 0 atom stereocenters. The van der Waals surface area contributed by atoms with E-state index in [9.17, 15) is 0 Å². The van der Waals surface area contributed by atoms with E-state index in [1.807, 2.05) is 24.3 Å². The van der Waals surface area contributed by atoms with Crippen LogP contribution in [0.5, 0.6) is 0 Å². The standard InChI is InChI=1S/C11H6NO/c1-2-6-10-8(4-1)9-5-3-7-12-11(9)13-10/h1-4,6-7H. The van der Waals surface area contributed by atoms with Crippen molar-refractivity contribution in [2.75, 3.05) is 0 Å². The van der Waals surface area contributed by atoms with Gasteiger partial charge in [0, 0.05) is 11.6 Å². The fourth-order valence-electron chi connectivity index (χ4n) is 1.49. The van der Waals surface area contributed by atoms with E-state index in [2.05, 4.69) is 11.1 Å². The van der Waals surface area contributed by atoms with Crippen LogP contribution in [0.2, 0.25) is 0 Å². The normalized spacial score (nSPS) is 11.1. The smallest absolute Gasteiger partial charge is 0.227 e. The summed E-state index contributed by atoms with van der Waals surface area (Å²) in [4.78, 5) is 4.12. The highest BCUT2D eigenvalue weighted by molar-refractivity contribution is 6.02. The second-order valence-corrected chi connectivity index (χ2v) is 2.87. The van der Waals surface area contributed by atoms with E-state index < -0.39 is 0 Å². The molecule has 13 heavy (non-hydrogen) atoms. The lowest BCUT2D eigenvalue weighted by Gasteiger charge is -1.84. The Bertz CT molecular complexity index is 518. The Balaban J connectivity index is 2.64. The lowest BCUT2D eigenvalue weighted by molar-refractivity contribution is 0.654. The zero-order chi connectivity index (χ0) is 8.67. The van der Waals surface area contributed by atoms with Crippen LogP contribution in [0.25, 0.3) is 22.1 Å². The fraction of sp³-hybridized carbons (Fsp3) is 0. The van der Waals surface area contributed by atoms with E-state index in [0.717, 1.165) is 16.4 Å². The number of aromatic nitrogens is 1. The number of benzene rings is 1. The molecule has 0 fully saturated rings. The lowest BCUT2D eigenvalue weighted by Crippen LogP contribution is -1.69. The lowest BCUT2D eigenvalue weighted by atomic mass is 10.2. The van der Waals surface area contributed by atoms with Gasteiger partial charge in [-0.2, -0.15) is 0 Å². The molecule has 2 heteroatoms. The monoisotopic (exact) mass is 168 g/mol. The SMILES string of the molecule is [c]1ccnc2oc3ccccc3c12. The first-order valence-corrected chi connectivity index (χ1v) is 4.09. The molecule has 0 aliphatic rings. The van der Waals surface area contributed by atoms with Gasteiger partial charge in [0.15, 0.2) is 0 Å². The molecule has 3 rings (SSSR count). The number of rotatable bonds is 0. The average Bonchev–Trinajstić information content (AvgIpc) is 2.56. The van der Waals surface area contributed by atoms with Crippen molar-refractivity contribution < 1.29 is 4.42 Å². The third kappa shape index (κ3) is 0.855. The highest BCUT2D eigenvalue weighted by Crippen LogP contribution is 2.25. The van der Waals surface area contributed by atoms with Crippen molar-refractivity contribution >= 4 is 22.1 Å². The van der Waals surface area contributed by atoms with Gasteiger partial charge in [0.1, 0.15) is 5.58 Å². The quantitative estimate of drug-likeness (QED) is 0.515. The van der Waals surface area contributed by atoms with E-state index >= 15 is 0 Å². The number of nitrogens with zero attached hydrogens (tertiary/aromatic N) is 1. The van der Waals surface area contributed by atoms with Gasteiger partial charge in [-0.25, -0.2) is 4.98 Å². The Morgan fingerprint density at radius 1 is 1.23 bits per heavy atom. The summed E-state index contributed by atoms with van der Waals surface area (Å²) in [5, 5.41) is 2.03. The van der Waals surface area contributed by atoms with Crippen LogP contribution in [-0.2, 0) is 0 Å². The van der Waals surface area contributed by atoms with E-state index in [1.165, 1.54) is 0 Å². The highest BCUT2D eigenvalue weighted by Gasteiger charge is 2.04. The van der Waals surface area contributed by atoms with Crippen molar-refractivity contribution in [1.82, 2.24) is 4.98 Å². The Morgan fingerprint density at radius 3 is 3.15 bits per heavy atom. The molecule has 0 N–H and O–H groups in total. The molecule has 0 unspecified atom stereocenters. The highest BCUT2D eigenvalue weighted by atomic mass is 16.3. The summed E-state index contributed by atoms with van der Waals surface area (Å²) in [6, 6.07) is 12.8. The maximum Gasteiger partial charge on any atom is 0.227 e. The Kier molecular flexibility index (Phi) is 1.19. The van der Waals surface area contributed by atoms with Crippen molar-refractivity contribution in [1.29, 1.82) is 0 Å². The topological polar surface area (TPSA) is 26.0 Å². The first-order valence-electron chi connectivity index (χ1n) is 4.09. The number of pyridine rings is 1. The summed E-state index contributed by atoms with van der Waals surface area (Å²) in [7, 11) is 0. The number of fused-ring (bicyclic) bond motifs is 3. The maximum atomic E-state index is 5.51. The first kappa shape index (κ1) is 6.66. The van der Waals surface area contributed by atoms with Gasteiger partial charge in [-0.1, -0.05) is 18.2 Å². The molecule has 0 amide bonds. The molecule has 0 saturated carbocycles. The van der Waals surface area contributed by atoms with E-state index in [4.69, 9.17) is 4.42 Å². The largest absolute Gasteiger partial charge is 0.438 e. The molecule has 61 valence electrons. The summed E-state index contributed by atoms with van der Waals surface area (Å²) in [5.74, 6) is 0. The third-order valence-electron chi connectivity index (χ3n) is 2.07. The summed E-state index contributed by atoms with van der Waals surface area (Å²) in [5.41, 5.74) is 1.52. The number of para-hydroxylation sites is 1. The Labute approximate surface area is 74.8 Å². The summed E-state index contributed by atoms with van der Waals surface area (Å²) < 4.78 is 5.51. The van der Waals surface area contributed by atoms with Crippen LogP contribution in [0, 0.1) is 6.07 Å². The summed E-state index contributed by atoms with van der Waals surface area (Å²) >= 11 is 0. The zero-order valence-corrected chi connectivity index (χ0v) is 6.82. The van der Waals surface area contributed by atoms with Crippen LogP contribution in [0.15, 0.2) is 40.9 Å². The van der Waals surface area contributed by atoms with Crippen LogP contribution in [0.3, 0.4) is 0 Å². The minimum Gasteiger partial charge on any atom is -0.438 e. The molecule has 0 spiro atoms. The van der Waals surface area contributed by atoms with Crippen LogP contribution in [0.4, 0.5) is 0 Å². The van der Waals surface area contributed by atoms with Crippen molar-refractivity contribution in [2.45, 2.75) is 0 Å². The molecule has 0 aliphatic heterocycles. The molecule has 3 aromatic rings. The predicted molar refractivity (Wildman–Crippen MR) is 50.4 cm³/mol. The molecule has 2 aromatic heterocycles. The van der Waals surface area contributed by atoms with E-state index in [-0.39, 0.29) is 0 Å². The fourth-order valence-corrected chi connectivity index (χ4v) is 1.49. The van der Waals surface area contributed by atoms with Crippen molar-refractivity contribution in [2.24, 2.45) is 0 Å². The molecule has 2 nitrogen and oxygen atoms in total. The third-order valence-corrected chi connectivity index (χ3v) is 2.07. The zero-order valence-electron chi connectivity index (χ0n) is 6.82. The number of hydrogen-bond acceptors (Lipinski definition) is 2. The van der Waals surface area contributed by atoms with Gasteiger partial charge < -0.3 is 4.42 Å². The number of hydrogen-bond donors (Lipinski definition) is 0. The first-order chi connectivity index (χ1) is 6.45. The summed E-state index contributed by atoms with van der Waals surface area (Å²) in [6.07, 6.45) is 1.69. The molecular formula is C11H6NO. The van der Waals surface area contributed by atoms with Crippen molar-refractivity contribution in [3.8, 4) is 0 Å². The van der Waals surface area contributed by atoms with Gasteiger partial charge in [0.2, 0.25) is 5.71 Å². The summed E-state index contributed by atoms with van der Waals surface area (Å²) in [6.45, 7) is 0. The molecule has 1 aromatic carbocycles. The van der Waals surface area contributed by atoms with Crippen molar-refractivity contribution in [3.05, 3.63) is 42.6 Å². The van der Waals surface area contributed by atoms with E-state index in [0.29, 0.717) is 5.71 Å². The van der Waals surface area contributed by atoms with E-state index in [1.54, 1.807) is 12.3 Å². The minimum absolute atomic E-state index is 0.656. The molecule has 2 heterocycles. The van der Waals surface area contributed by atoms with Crippen molar-refractivity contribution in [3.63, 3.8) is 0 Å². The molecular weight excluding hydrogens is 162 g/mol. The van der Waals surface area contributed by atoms with Crippen LogP contribution in [0.1, 0.15) is 0 Å². The molecule has 0 saturated heterocycles. The van der Waals surface area contributed by atoms with Gasteiger partial charge in [-0.15, -0.1) is 0 Å². The van der Waals surface area contributed by atoms with Crippen LogP contribution < -0.4 is 0 Å². The van der Waals surface area contributed by atoms with Crippen LogP contribution in [-0.4, -0.2) is 4.98 Å². The van der Waals surface area contributed by atoms with Gasteiger partial charge >= 0.3 is 0 Å². The second-order valence-electron chi connectivity index (χ2n) is 2.87. The van der Waals surface area contributed by atoms with Crippen LogP contribution >= 0.6 is 0 Å². The van der Waals surface area contributed by atoms with Gasteiger partial charge in [-0.3, -0.25) is 0 Å². The predicted octanol–water partition coefficient (Wildman–Crippen LogP) is 2.78. The molecule has 1 radical (unpaired) electrons. The average molecular weight is 168 g/mol. The van der Waals surface area contributed by atoms with Gasteiger partial charge in [0.05, 0.1) is 5.39 Å². The molecule has 0 aliphatic carbocycles.